The molecule has 5 heteroatoms. The third kappa shape index (κ3) is 2.55. The van der Waals surface area contributed by atoms with Gasteiger partial charge in [0.2, 0.25) is 0 Å². The Morgan fingerprint density at radius 1 is 1.41 bits per heavy atom. The molecule has 0 aliphatic rings. The van der Waals surface area contributed by atoms with Gasteiger partial charge >= 0.3 is 0 Å². The molecule has 2 rings (SSSR count). The summed E-state index contributed by atoms with van der Waals surface area (Å²) in [6, 6.07) is 3.16. The van der Waals surface area contributed by atoms with Crippen LogP contribution in [0.15, 0.2) is 30.7 Å². The Bertz CT molecular complexity index is 563. The summed E-state index contributed by atoms with van der Waals surface area (Å²) < 4.78 is 27.6. The summed E-state index contributed by atoms with van der Waals surface area (Å²) in [6.45, 7) is 0. The molecule has 0 unspecified atom stereocenters. The Morgan fingerprint density at radius 3 is 2.76 bits per heavy atom. The van der Waals surface area contributed by atoms with Gasteiger partial charge in [-0.2, -0.15) is 0 Å². The number of carbonyl (C=O) groups excluding carboxylic acids is 1. The normalized spacial score (nSPS) is 10.5. The number of Topliss-reactive ketones (excluding diaryl/α,β-unsaturated/α-hetero) is 1. The van der Waals surface area contributed by atoms with Gasteiger partial charge in [0.15, 0.2) is 5.78 Å². The molecule has 0 N–H and O–H groups in total. The van der Waals surface area contributed by atoms with Gasteiger partial charge in [-0.1, -0.05) is 6.07 Å². The fourth-order valence-corrected chi connectivity index (χ4v) is 1.49. The molecule has 17 heavy (non-hydrogen) atoms. The maximum Gasteiger partial charge on any atom is 0.187 e. The number of nitrogens with zero attached hydrogens (tertiary/aromatic N) is 2. The highest BCUT2D eigenvalue weighted by Crippen LogP contribution is 2.12. The van der Waals surface area contributed by atoms with Crippen LogP contribution in [0.25, 0.3) is 0 Å². The third-order valence-corrected chi connectivity index (χ3v) is 2.36. The van der Waals surface area contributed by atoms with Crippen LogP contribution in [0.1, 0.15) is 16.1 Å². The van der Waals surface area contributed by atoms with Crippen LogP contribution in [-0.2, 0) is 13.5 Å². The number of benzene rings is 1. The summed E-state index contributed by atoms with van der Waals surface area (Å²) in [7, 11) is 1.74. The topological polar surface area (TPSA) is 34.9 Å². The lowest BCUT2D eigenvalue weighted by atomic mass is 10.1. The minimum Gasteiger partial charge on any atom is -0.340 e. The maximum atomic E-state index is 13.3. The first-order valence-electron chi connectivity index (χ1n) is 5.01. The molecule has 2 aromatic rings. The van der Waals surface area contributed by atoms with Crippen molar-refractivity contribution in [2.75, 3.05) is 0 Å². The number of rotatable bonds is 3. The van der Waals surface area contributed by atoms with Crippen LogP contribution < -0.4 is 0 Å². The van der Waals surface area contributed by atoms with Crippen molar-refractivity contribution in [3.63, 3.8) is 0 Å². The number of ketones is 1. The summed E-state index contributed by atoms with van der Waals surface area (Å²) >= 11 is 0. The molecule has 0 saturated heterocycles. The van der Waals surface area contributed by atoms with E-state index in [1.54, 1.807) is 17.8 Å². The van der Waals surface area contributed by atoms with Crippen molar-refractivity contribution < 1.29 is 13.6 Å². The van der Waals surface area contributed by atoms with Crippen LogP contribution in [0.5, 0.6) is 0 Å². The Balaban J connectivity index is 2.18. The number of halogens is 2. The molecule has 0 atom stereocenters. The minimum absolute atomic E-state index is 0.122. The zero-order valence-electron chi connectivity index (χ0n) is 9.15. The highest BCUT2D eigenvalue weighted by Gasteiger charge is 2.13. The van der Waals surface area contributed by atoms with E-state index in [1.165, 1.54) is 12.4 Å². The molecular formula is C12H10F2N2O. The second kappa shape index (κ2) is 4.45. The van der Waals surface area contributed by atoms with Crippen LogP contribution in [0.3, 0.4) is 0 Å². The molecule has 0 spiro atoms. The van der Waals surface area contributed by atoms with Crippen molar-refractivity contribution in [1.82, 2.24) is 9.55 Å². The molecule has 0 saturated carbocycles. The van der Waals surface area contributed by atoms with Gasteiger partial charge in [0, 0.05) is 25.7 Å². The fourth-order valence-electron chi connectivity index (χ4n) is 1.49. The Labute approximate surface area is 96.7 Å². The molecule has 88 valence electrons. The van der Waals surface area contributed by atoms with Gasteiger partial charge in [0.25, 0.3) is 0 Å². The van der Waals surface area contributed by atoms with Crippen molar-refractivity contribution in [2.45, 2.75) is 6.42 Å². The van der Waals surface area contributed by atoms with Crippen molar-refractivity contribution in [3.8, 4) is 0 Å². The number of aromatic nitrogens is 2. The van der Waals surface area contributed by atoms with Crippen molar-refractivity contribution in [3.05, 3.63) is 53.6 Å². The molecule has 0 fully saturated rings. The molecule has 1 aromatic heterocycles. The van der Waals surface area contributed by atoms with E-state index in [-0.39, 0.29) is 23.5 Å². The molecular weight excluding hydrogens is 226 g/mol. The Kier molecular flexibility index (Phi) is 2.99. The number of imidazole rings is 1. The van der Waals surface area contributed by atoms with Crippen LogP contribution >= 0.6 is 0 Å². The predicted octanol–water partition coefficient (Wildman–Crippen LogP) is 2.12. The van der Waals surface area contributed by atoms with E-state index in [2.05, 4.69) is 4.98 Å². The van der Waals surface area contributed by atoms with Gasteiger partial charge in [-0.3, -0.25) is 4.79 Å². The summed E-state index contributed by atoms with van der Waals surface area (Å²) in [4.78, 5) is 15.6. The quantitative estimate of drug-likeness (QED) is 0.765. The van der Waals surface area contributed by atoms with Gasteiger partial charge in [-0.05, 0) is 11.6 Å². The number of aryl methyl sites for hydroxylation is 1. The van der Waals surface area contributed by atoms with E-state index in [0.29, 0.717) is 0 Å². The predicted molar refractivity (Wildman–Crippen MR) is 57.6 cm³/mol. The molecule has 1 heterocycles. The van der Waals surface area contributed by atoms with Gasteiger partial charge in [0.05, 0.1) is 6.33 Å². The van der Waals surface area contributed by atoms with Crippen LogP contribution in [-0.4, -0.2) is 15.3 Å². The van der Waals surface area contributed by atoms with Crippen molar-refractivity contribution >= 4 is 5.78 Å². The SMILES string of the molecule is Cn1cnc(C(=O)Cc2ccc(F)cc2F)c1. The Morgan fingerprint density at radius 2 is 2.18 bits per heavy atom. The second-order valence-corrected chi connectivity index (χ2v) is 3.76. The lowest BCUT2D eigenvalue weighted by molar-refractivity contribution is 0.0987. The Hall–Kier alpha value is -2.04. The lowest BCUT2D eigenvalue weighted by Gasteiger charge is -2.01. The summed E-state index contributed by atoms with van der Waals surface area (Å²) in [5.41, 5.74) is 0.443. The van der Waals surface area contributed by atoms with E-state index in [9.17, 15) is 13.6 Å². The average Bonchev–Trinajstić information content (AvgIpc) is 2.69. The first-order valence-corrected chi connectivity index (χ1v) is 5.01. The highest BCUT2D eigenvalue weighted by atomic mass is 19.1. The molecule has 0 radical (unpaired) electrons. The van der Waals surface area contributed by atoms with E-state index >= 15 is 0 Å². The number of hydrogen-bond donors (Lipinski definition) is 0. The molecule has 3 nitrogen and oxygen atoms in total. The van der Waals surface area contributed by atoms with Crippen molar-refractivity contribution in [2.24, 2.45) is 7.05 Å². The van der Waals surface area contributed by atoms with Gasteiger partial charge < -0.3 is 4.57 Å². The van der Waals surface area contributed by atoms with Gasteiger partial charge in [-0.25, -0.2) is 13.8 Å². The monoisotopic (exact) mass is 236 g/mol. The summed E-state index contributed by atoms with van der Waals surface area (Å²) in [5, 5.41) is 0. The van der Waals surface area contributed by atoms with E-state index in [1.807, 2.05) is 0 Å². The number of hydrogen-bond acceptors (Lipinski definition) is 2. The minimum atomic E-state index is -0.714. The third-order valence-electron chi connectivity index (χ3n) is 2.36. The number of carbonyl (C=O) groups is 1. The smallest absolute Gasteiger partial charge is 0.187 e. The van der Waals surface area contributed by atoms with Crippen LogP contribution in [0.2, 0.25) is 0 Å². The van der Waals surface area contributed by atoms with E-state index < -0.39 is 11.6 Å². The van der Waals surface area contributed by atoms with E-state index in [0.717, 1.165) is 12.1 Å². The fraction of sp³-hybridized carbons (Fsp3) is 0.167. The summed E-state index contributed by atoms with van der Waals surface area (Å²) in [5.74, 6) is -1.66. The van der Waals surface area contributed by atoms with Gasteiger partial charge in [-0.15, -0.1) is 0 Å². The average molecular weight is 236 g/mol. The second-order valence-electron chi connectivity index (χ2n) is 3.76. The molecule has 0 aliphatic heterocycles. The standard InChI is InChI=1S/C12H10F2N2O/c1-16-6-11(15-7-16)12(17)4-8-2-3-9(13)5-10(8)14/h2-3,5-7H,4H2,1H3. The summed E-state index contributed by atoms with van der Waals surface area (Å²) in [6.07, 6.45) is 2.93. The van der Waals surface area contributed by atoms with Crippen LogP contribution in [0.4, 0.5) is 8.78 Å². The molecule has 0 bridgehead atoms. The van der Waals surface area contributed by atoms with Crippen molar-refractivity contribution in [1.29, 1.82) is 0 Å². The van der Waals surface area contributed by atoms with Crippen LogP contribution in [0, 0.1) is 11.6 Å². The van der Waals surface area contributed by atoms with E-state index in [4.69, 9.17) is 0 Å². The first kappa shape index (κ1) is 11.4. The maximum absolute atomic E-state index is 13.3. The highest BCUT2D eigenvalue weighted by molar-refractivity contribution is 5.95. The molecule has 1 aromatic carbocycles. The largest absolute Gasteiger partial charge is 0.340 e. The zero-order valence-corrected chi connectivity index (χ0v) is 9.15. The first-order chi connectivity index (χ1) is 8.06. The molecule has 0 aliphatic carbocycles. The lowest BCUT2D eigenvalue weighted by Crippen LogP contribution is -2.06. The van der Waals surface area contributed by atoms with Gasteiger partial charge in [0.1, 0.15) is 17.3 Å². The molecule has 0 amide bonds. The zero-order chi connectivity index (χ0) is 12.4.